The van der Waals surface area contributed by atoms with Crippen molar-refractivity contribution in [3.05, 3.63) is 35.4 Å². The molecule has 2 bridgehead atoms. The highest BCUT2D eigenvalue weighted by Crippen LogP contribution is 2.30. The number of ether oxygens (including phenoxy) is 1. The van der Waals surface area contributed by atoms with E-state index in [4.69, 9.17) is 4.74 Å². The topological polar surface area (TPSA) is 32.7 Å². The van der Waals surface area contributed by atoms with Gasteiger partial charge in [0.25, 0.3) is 0 Å². The van der Waals surface area contributed by atoms with E-state index in [0.717, 1.165) is 25.1 Å². The number of likely N-dealkylation sites (tertiary alicyclic amines) is 1. The summed E-state index contributed by atoms with van der Waals surface area (Å²) < 4.78 is 5.87. The molecule has 2 saturated heterocycles. The van der Waals surface area contributed by atoms with Gasteiger partial charge in [-0.1, -0.05) is 31.2 Å². The summed E-state index contributed by atoms with van der Waals surface area (Å²) >= 11 is 0. The van der Waals surface area contributed by atoms with Gasteiger partial charge < -0.3 is 9.84 Å². The number of morpholine rings is 1. The maximum atomic E-state index is 10.6. The summed E-state index contributed by atoms with van der Waals surface area (Å²) in [5, 5.41) is 10.6. The molecule has 2 fully saturated rings. The maximum absolute atomic E-state index is 10.6. The third-order valence-corrected chi connectivity index (χ3v) is 4.83. The molecule has 0 aliphatic carbocycles. The highest BCUT2D eigenvalue weighted by Gasteiger charge is 2.37. The summed E-state index contributed by atoms with van der Waals surface area (Å²) in [6, 6.07) is 8.52. The van der Waals surface area contributed by atoms with Crippen molar-refractivity contribution in [3.8, 4) is 0 Å². The summed E-state index contributed by atoms with van der Waals surface area (Å²) in [5.41, 5.74) is 2.34. The second-order valence-corrected chi connectivity index (χ2v) is 6.19. The Morgan fingerprint density at radius 3 is 2.35 bits per heavy atom. The standard InChI is InChI=1S/C17H25NO2/c1-3-13-4-6-14(7-5-13)17(19)12(2)18-10-15-8-9-16(11-18)20-15/h4-7,12,15-17,19H,3,8-11H2,1-2H3. The van der Waals surface area contributed by atoms with Crippen LogP contribution >= 0.6 is 0 Å². The molecule has 2 heterocycles. The molecule has 4 unspecified atom stereocenters. The molecule has 0 amide bonds. The molecule has 0 radical (unpaired) electrons. The molecule has 3 nitrogen and oxygen atoms in total. The van der Waals surface area contributed by atoms with Crippen LogP contribution < -0.4 is 0 Å². The number of benzene rings is 1. The fourth-order valence-corrected chi connectivity index (χ4v) is 3.41. The predicted octanol–water partition coefficient (Wildman–Crippen LogP) is 2.53. The van der Waals surface area contributed by atoms with Gasteiger partial charge in [-0.15, -0.1) is 0 Å². The third kappa shape index (κ3) is 2.76. The molecule has 4 atom stereocenters. The Morgan fingerprint density at radius 1 is 1.20 bits per heavy atom. The zero-order chi connectivity index (χ0) is 14.1. The Labute approximate surface area is 121 Å². The van der Waals surface area contributed by atoms with Crippen LogP contribution in [0, 0.1) is 0 Å². The van der Waals surface area contributed by atoms with Gasteiger partial charge in [0.1, 0.15) is 0 Å². The van der Waals surface area contributed by atoms with Crippen LogP contribution in [0.5, 0.6) is 0 Å². The number of aryl methyl sites for hydroxylation is 1. The predicted molar refractivity (Wildman–Crippen MR) is 79.7 cm³/mol. The summed E-state index contributed by atoms with van der Waals surface area (Å²) in [6.07, 6.45) is 3.73. The Hall–Kier alpha value is -0.900. The summed E-state index contributed by atoms with van der Waals surface area (Å²) in [7, 11) is 0. The van der Waals surface area contributed by atoms with E-state index in [0.29, 0.717) is 12.2 Å². The average Bonchev–Trinajstić information content (AvgIpc) is 2.84. The zero-order valence-corrected chi connectivity index (χ0v) is 12.5. The minimum atomic E-state index is -0.418. The first kappa shape index (κ1) is 14.1. The molecule has 1 aromatic carbocycles. The van der Waals surface area contributed by atoms with Crippen LogP contribution in [0.25, 0.3) is 0 Å². The lowest BCUT2D eigenvalue weighted by atomic mass is 9.99. The lowest BCUT2D eigenvalue weighted by molar-refractivity contribution is -0.0695. The normalized spacial score (nSPS) is 29.4. The number of hydrogen-bond acceptors (Lipinski definition) is 3. The van der Waals surface area contributed by atoms with Crippen LogP contribution in [0.3, 0.4) is 0 Å². The van der Waals surface area contributed by atoms with Crippen molar-refractivity contribution in [2.45, 2.75) is 57.5 Å². The van der Waals surface area contributed by atoms with Gasteiger partial charge in [-0.2, -0.15) is 0 Å². The van der Waals surface area contributed by atoms with E-state index in [1.807, 2.05) is 0 Å². The molecule has 1 N–H and O–H groups in total. The monoisotopic (exact) mass is 275 g/mol. The Kier molecular flexibility index (Phi) is 4.11. The van der Waals surface area contributed by atoms with Crippen LogP contribution in [0.15, 0.2) is 24.3 Å². The fraction of sp³-hybridized carbons (Fsp3) is 0.647. The van der Waals surface area contributed by atoms with E-state index < -0.39 is 6.10 Å². The van der Waals surface area contributed by atoms with Gasteiger partial charge in [0.05, 0.1) is 18.3 Å². The largest absolute Gasteiger partial charge is 0.387 e. The van der Waals surface area contributed by atoms with Gasteiger partial charge >= 0.3 is 0 Å². The minimum Gasteiger partial charge on any atom is -0.387 e. The van der Waals surface area contributed by atoms with Crippen molar-refractivity contribution in [3.63, 3.8) is 0 Å². The number of hydrogen-bond donors (Lipinski definition) is 1. The second-order valence-electron chi connectivity index (χ2n) is 6.19. The van der Waals surface area contributed by atoms with E-state index in [9.17, 15) is 5.11 Å². The van der Waals surface area contributed by atoms with Crippen molar-refractivity contribution < 1.29 is 9.84 Å². The lowest BCUT2D eigenvalue weighted by Gasteiger charge is -2.38. The van der Waals surface area contributed by atoms with E-state index in [2.05, 4.69) is 43.0 Å². The molecular formula is C17H25NO2. The molecule has 2 aliphatic rings. The average molecular weight is 275 g/mol. The maximum Gasteiger partial charge on any atom is 0.0942 e. The molecule has 20 heavy (non-hydrogen) atoms. The summed E-state index contributed by atoms with van der Waals surface area (Å²) in [5.74, 6) is 0. The van der Waals surface area contributed by atoms with Crippen molar-refractivity contribution >= 4 is 0 Å². The smallest absolute Gasteiger partial charge is 0.0942 e. The van der Waals surface area contributed by atoms with Gasteiger partial charge in [-0.25, -0.2) is 0 Å². The second kappa shape index (κ2) is 5.84. The molecule has 0 aromatic heterocycles. The van der Waals surface area contributed by atoms with Crippen molar-refractivity contribution in [1.29, 1.82) is 0 Å². The van der Waals surface area contributed by atoms with Crippen LogP contribution in [-0.4, -0.2) is 41.3 Å². The van der Waals surface area contributed by atoms with Crippen molar-refractivity contribution in [2.24, 2.45) is 0 Å². The van der Waals surface area contributed by atoms with E-state index in [1.165, 1.54) is 18.4 Å². The molecule has 3 rings (SSSR count). The number of rotatable bonds is 4. The Balaban J connectivity index is 1.67. The van der Waals surface area contributed by atoms with Crippen LogP contribution in [0.2, 0.25) is 0 Å². The van der Waals surface area contributed by atoms with Gasteiger partial charge in [0.2, 0.25) is 0 Å². The van der Waals surface area contributed by atoms with Gasteiger partial charge in [-0.05, 0) is 37.3 Å². The molecule has 2 aliphatic heterocycles. The Morgan fingerprint density at radius 2 is 1.80 bits per heavy atom. The molecule has 110 valence electrons. The first-order chi connectivity index (χ1) is 9.67. The first-order valence-corrected chi connectivity index (χ1v) is 7.83. The van der Waals surface area contributed by atoms with Crippen LogP contribution in [-0.2, 0) is 11.2 Å². The van der Waals surface area contributed by atoms with Crippen molar-refractivity contribution in [1.82, 2.24) is 4.90 Å². The van der Waals surface area contributed by atoms with E-state index in [-0.39, 0.29) is 6.04 Å². The number of aliphatic hydroxyl groups is 1. The molecule has 3 heteroatoms. The zero-order valence-electron chi connectivity index (χ0n) is 12.5. The van der Waals surface area contributed by atoms with Gasteiger partial charge in [0.15, 0.2) is 0 Å². The fourth-order valence-electron chi connectivity index (χ4n) is 3.41. The first-order valence-electron chi connectivity index (χ1n) is 7.83. The van der Waals surface area contributed by atoms with Gasteiger partial charge in [0, 0.05) is 19.1 Å². The van der Waals surface area contributed by atoms with E-state index in [1.54, 1.807) is 0 Å². The highest BCUT2D eigenvalue weighted by molar-refractivity contribution is 5.25. The minimum absolute atomic E-state index is 0.148. The lowest BCUT2D eigenvalue weighted by Crippen LogP contribution is -2.48. The molecule has 0 saturated carbocycles. The number of nitrogens with zero attached hydrogens (tertiary/aromatic N) is 1. The molecular weight excluding hydrogens is 250 g/mol. The molecule has 0 spiro atoms. The van der Waals surface area contributed by atoms with Gasteiger partial charge in [-0.3, -0.25) is 4.90 Å². The van der Waals surface area contributed by atoms with Crippen LogP contribution in [0.1, 0.15) is 43.9 Å². The van der Waals surface area contributed by atoms with E-state index >= 15 is 0 Å². The van der Waals surface area contributed by atoms with Crippen molar-refractivity contribution in [2.75, 3.05) is 13.1 Å². The SMILES string of the molecule is CCc1ccc(C(O)C(C)N2CC3CCC(C2)O3)cc1. The number of fused-ring (bicyclic) bond motifs is 2. The summed E-state index contributed by atoms with van der Waals surface area (Å²) in [6.45, 7) is 6.20. The Bertz CT molecular complexity index is 433. The highest BCUT2D eigenvalue weighted by atomic mass is 16.5. The van der Waals surface area contributed by atoms with Crippen LogP contribution in [0.4, 0.5) is 0 Å². The molecule has 1 aromatic rings. The summed E-state index contributed by atoms with van der Waals surface area (Å²) in [4.78, 5) is 2.39. The third-order valence-electron chi connectivity index (χ3n) is 4.83. The number of aliphatic hydroxyl groups excluding tert-OH is 1. The quantitative estimate of drug-likeness (QED) is 0.916.